The number of aromatic nitrogens is 5. The van der Waals surface area contributed by atoms with Gasteiger partial charge in [-0.2, -0.15) is 0 Å². The number of hydrogen-bond acceptors (Lipinski definition) is 3. The van der Waals surface area contributed by atoms with Crippen molar-refractivity contribution in [3.63, 3.8) is 0 Å². The van der Waals surface area contributed by atoms with Crippen molar-refractivity contribution in [2.75, 3.05) is 0 Å². The van der Waals surface area contributed by atoms with Crippen LogP contribution in [0.15, 0.2) is 152 Å². The molecule has 10 aromatic rings. The first-order valence-corrected chi connectivity index (χ1v) is 15.5. The number of hydrogen-bond donors (Lipinski definition) is 0. The molecule has 0 aliphatic heterocycles. The fraction of sp³-hybridized carbons (Fsp3) is 0. The lowest BCUT2D eigenvalue weighted by molar-refractivity contribution is 1.07. The second kappa shape index (κ2) is 9.58. The first-order chi connectivity index (χ1) is 22.8. The van der Waals surface area contributed by atoms with Gasteiger partial charge >= 0.3 is 0 Å². The largest absolute Gasteiger partial charge is 0.315 e. The topological polar surface area (TPSA) is 48.0 Å². The summed E-state index contributed by atoms with van der Waals surface area (Å²) in [6.07, 6.45) is 2.21. The molecule has 0 unspecified atom stereocenters. The average Bonchev–Trinajstić information content (AvgIpc) is 3.81. The summed E-state index contributed by atoms with van der Waals surface area (Å²) in [5.41, 5.74) is 8.76. The number of fused-ring (bicyclic) bond motifs is 7. The molecule has 0 aliphatic rings. The average molecular weight is 588 g/mol. The van der Waals surface area contributed by atoms with Crippen LogP contribution in [-0.2, 0) is 0 Å². The fourth-order valence-corrected chi connectivity index (χ4v) is 7.11. The zero-order valence-corrected chi connectivity index (χ0v) is 24.7. The van der Waals surface area contributed by atoms with Crippen LogP contribution in [0.2, 0.25) is 0 Å². The molecule has 46 heavy (non-hydrogen) atoms. The molecule has 0 spiro atoms. The molecule has 0 saturated carbocycles. The highest BCUT2D eigenvalue weighted by atomic mass is 15.0. The zero-order valence-electron chi connectivity index (χ0n) is 24.7. The monoisotopic (exact) mass is 587 g/mol. The summed E-state index contributed by atoms with van der Waals surface area (Å²) >= 11 is 0. The Morgan fingerprint density at radius 1 is 0.391 bits per heavy atom. The lowest BCUT2D eigenvalue weighted by atomic mass is 10.0. The van der Waals surface area contributed by atoms with Crippen molar-refractivity contribution in [2.45, 2.75) is 0 Å². The van der Waals surface area contributed by atoms with Gasteiger partial charge in [-0.25, -0.2) is 15.0 Å². The molecule has 0 radical (unpaired) electrons. The standard InChI is InChI=1S/C41H25N5/c1-3-12-26(13-4-1)39-42-40(27-14-5-2-6-15-27)44-41(43-39)28-16-11-17-29(24-28)46-35-21-10-8-19-31(35)37-32-22-23-45-34-20-9-7-18-30(34)33(38(32)45)25-36(37)46/h1-25H. The first kappa shape index (κ1) is 25.0. The number of para-hydroxylation sites is 2. The van der Waals surface area contributed by atoms with Crippen molar-refractivity contribution >= 4 is 49.0 Å². The van der Waals surface area contributed by atoms with E-state index in [-0.39, 0.29) is 0 Å². The highest BCUT2D eigenvalue weighted by Crippen LogP contribution is 2.43. The molecule has 5 heteroatoms. The van der Waals surface area contributed by atoms with Crippen molar-refractivity contribution in [3.05, 3.63) is 152 Å². The summed E-state index contributed by atoms with van der Waals surface area (Å²) in [6.45, 7) is 0. The molecule has 5 nitrogen and oxygen atoms in total. The van der Waals surface area contributed by atoms with Crippen LogP contribution in [-0.4, -0.2) is 23.9 Å². The van der Waals surface area contributed by atoms with Crippen molar-refractivity contribution in [1.82, 2.24) is 23.9 Å². The summed E-state index contributed by atoms with van der Waals surface area (Å²) in [4.78, 5) is 14.9. The Labute approximate surface area is 264 Å². The summed E-state index contributed by atoms with van der Waals surface area (Å²) in [6, 6.07) is 50.8. The van der Waals surface area contributed by atoms with Gasteiger partial charge in [-0.15, -0.1) is 0 Å². The molecule has 4 aromatic heterocycles. The smallest absolute Gasteiger partial charge is 0.164 e. The number of nitrogens with zero attached hydrogens (tertiary/aromatic N) is 5. The molecular weight excluding hydrogens is 562 g/mol. The Morgan fingerprint density at radius 2 is 0.978 bits per heavy atom. The fourth-order valence-electron chi connectivity index (χ4n) is 7.11. The van der Waals surface area contributed by atoms with Crippen LogP contribution < -0.4 is 0 Å². The number of benzene rings is 6. The zero-order chi connectivity index (χ0) is 30.2. The van der Waals surface area contributed by atoms with Crippen LogP contribution >= 0.6 is 0 Å². The Morgan fingerprint density at radius 3 is 1.70 bits per heavy atom. The van der Waals surface area contributed by atoms with E-state index >= 15 is 0 Å². The van der Waals surface area contributed by atoms with E-state index in [0.29, 0.717) is 17.5 Å². The van der Waals surface area contributed by atoms with E-state index < -0.39 is 0 Å². The second-order valence-corrected chi connectivity index (χ2v) is 11.7. The summed E-state index contributed by atoms with van der Waals surface area (Å²) in [5.74, 6) is 1.95. The van der Waals surface area contributed by atoms with E-state index in [1.165, 1.54) is 49.0 Å². The summed E-state index contributed by atoms with van der Waals surface area (Å²) in [5, 5.41) is 6.31. The molecule has 0 aliphatic carbocycles. The lowest BCUT2D eigenvalue weighted by Gasteiger charge is -2.12. The van der Waals surface area contributed by atoms with Crippen molar-refractivity contribution < 1.29 is 0 Å². The minimum absolute atomic E-state index is 0.641. The van der Waals surface area contributed by atoms with Gasteiger partial charge in [0.05, 0.1) is 22.1 Å². The Balaban J connectivity index is 1.23. The van der Waals surface area contributed by atoms with Crippen LogP contribution in [0.4, 0.5) is 0 Å². The van der Waals surface area contributed by atoms with E-state index in [9.17, 15) is 0 Å². The van der Waals surface area contributed by atoms with Gasteiger partial charge in [-0.3, -0.25) is 0 Å². The maximum Gasteiger partial charge on any atom is 0.164 e. The molecule has 4 heterocycles. The molecule has 0 saturated heterocycles. The van der Waals surface area contributed by atoms with Gasteiger partial charge in [0.1, 0.15) is 0 Å². The molecule has 6 aromatic carbocycles. The minimum Gasteiger partial charge on any atom is -0.315 e. The quantitative estimate of drug-likeness (QED) is 0.206. The van der Waals surface area contributed by atoms with E-state index in [2.05, 4.69) is 100 Å². The molecule has 0 fully saturated rings. The van der Waals surface area contributed by atoms with Crippen molar-refractivity contribution in [1.29, 1.82) is 0 Å². The third-order valence-corrected chi connectivity index (χ3v) is 9.12. The molecule has 0 N–H and O–H groups in total. The van der Waals surface area contributed by atoms with Crippen LogP contribution in [0.3, 0.4) is 0 Å². The van der Waals surface area contributed by atoms with Gasteiger partial charge in [0.2, 0.25) is 0 Å². The second-order valence-electron chi connectivity index (χ2n) is 11.7. The van der Waals surface area contributed by atoms with Crippen LogP contribution in [0.1, 0.15) is 0 Å². The van der Waals surface area contributed by atoms with E-state index in [0.717, 1.165) is 22.4 Å². The normalized spacial score (nSPS) is 11.9. The Kier molecular flexibility index (Phi) is 5.22. The van der Waals surface area contributed by atoms with Gasteiger partial charge in [0.25, 0.3) is 0 Å². The molecule has 214 valence electrons. The lowest BCUT2D eigenvalue weighted by Crippen LogP contribution is -2.01. The van der Waals surface area contributed by atoms with Crippen molar-refractivity contribution in [3.8, 4) is 39.9 Å². The van der Waals surface area contributed by atoms with Gasteiger partial charge in [0.15, 0.2) is 17.5 Å². The van der Waals surface area contributed by atoms with Crippen molar-refractivity contribution in [2.24, 2.45) is 0 Å². The maximum absolute atomic E-state index is 5.01. The van der Waals surface area contributed by atoms with E-state index in [1.807, 2.05) is 60.7 Å². The highest BCUT2D eigenvalue weighted by Gasteiger charge is 2.21. The van der Waals surface area contributed by atoms with E-state index in [4.69, 9.17) is 15.0 Å². The third kappa shape index (κ3) is 3.60. The predicted octanol–water partition coefficient (Wildman–Crippen LogP) is 9.97. The molecule has 0 amide bonds. The SMILES string of the molecule is c1ccc(-c2nc(-c3ccccc3)nc(-c3cccc(-n4c5ccccc5c5c6ccn7c8ccccc8c(cc54)c67)c3)n2)cc1. The summed E-state index contributed by atoms with van der Waals surface area (Å²) in [7, 11) is 0. The van der Waals surface area contributed by atoms with Gasteiger partial charge in [-0.05, 0) is 36.4 Å². The minimum atomic E-state index is 0.641. The van der Waals surface area contributed by atoms with Gasteiger partial charge in [0, 0.05) is 55.5 Å². The predicted molar refractivity (Wildman–Crippen MR) is 188 cm³/mol. The Bertz CT molecular complexity index is 2680. The molecule has 0 atom stereocenters. The number of rotatable bonds is 4. The van der Waals surface area contributed by atoms with Crippen LogP contribution in [0, 0.1) is 0 Å². The first-order valence-electron chi connectivity index (χ1n) is 15.5. The highest BCUT2D eigenvalue weighted by molar-refractivity contribution is 6.28. The van der Waals surface area contributed by atoms with Gasteiger partial charge < -0.3 is 8.97 Å². The maximum atomic E-state index is 5.01. The van der Waals surface area contributed by atoms with Crippen LogP contribution in [0.5, 0.6) is 0 Å². The molecule has 10 rings (SSSR count). The van der Waals surface area contributed by atoms with Gasteiger partial charge in [-0.1, -0.05) is 109 Å². The summed E-state index contributed by atoms with van der Waals surface area (Å²) < 4.78 is 4.72. The third-order valence-electron chi connectivity index (χ3n) is 9.12. The van der Waals surface area contributed by atoms with Crippen LogP contribution in [0.25, 0.3) is 88.8 Å². The Hall–Kier alpha value is -6.33. The molecule has 0 bridgehead atoms. The molecular formula is C41H25N5. The van der Waals surface area contributed by atoms with E-state index in [1.54, 1.807) is 0 Å².